The average molecular weight is 376 g/mol. The predicted molar refractivity (Wildman–Crippen MR) is 105 cm³/mol. The molecule has 0 radical (unpaired) electrons. The molecule has 0 aromatic heterocycles. The van der Waals surface area contributed by atoms with Crippen LogP contribution in [0.4, 0.5) is 4.79 Å². The minimum Gasteiger partial charge on any atom is -0.494 e. The number of carbonyl (C=O) groups excluding carboxylic acids is 1. The summed E-state index contributed by atoms with van der Waals surface area (Å²) in [6.45, 7) is 6.28. The average Bonchev–Trinajstić information content (AvgIpc) is 2.57. The molecule has 2 unspecified atom stereocenters. The van der Waals surface area contributed by atoms with Gasteiger partial charge in [-0.05, 0) is 77.8 Å². The van der Waals surface area contributed by atoms with Gasteiger partial charge in [-0.3, -0.25) is 0 Å². The first kappa shape index (κ1) is 20.0. The lowest BCUT2D eigenvalue weighted by Crippen LogP contribution is -2.60. The van der Waals surface area contributed by atoms with Crippen molar-refractivity contribution < 1.29 is 19.4 Å². The van der Waals surface area contributed by atoms with Gasteiger partial charge in [0.2, 0.25) is 0 Å². The van der Waals surface area contributed by atoms with Gasteiger partial charge in [-0.1, -0.05) is 18.2 Å². The number of hydrogen-bond donors (Lipinski definition) is 1. The van der Waals surface area contributed by atoms with Crippen molar-refractivity contribution in [3.8, 4) is 5.75 Å². The lowest BCUT2D eigenvalue weighted by atomic mass is 9.74. The van der Waals surface area contributed by atoms with E-state index in [4.69, 9.17) is 9.47 Å². The zero-order chi connectivity index (χ0) is 19.5. The monoisotopic (exact) mass is 375 g/mol. The third-order valence-electron chi connectivity index (χ3n) is 5.50. The van der Waals surface area contributed by atoms with Gasteiger partial charge in [-0.2, -0.15) is 0 Å². The number of rotatable bonds is 5. The summed E-state index contributed by atoms with van der Waals surface area (Å²) in [5.41, 5.74) is -1.21. The minimum atomic E-state index is -0.714. The first-order valence-electron chi connectivity index (χ1n) is 10.2. The molecule has 0 saturated carbocycles. The zero-order valence-electron chi connectivity index (χ0n) is 16.8. The molecule has 2 saturated heterocycles. The van der Waals surface area contributed by atoms with E-state index in [1.807, 2.05) is 56.0 Å². The smallest absolute Gasteiger partial charge is 0.410 e. The number of ether oxygens (including phenoxy) is 2. The maximum Gasteiger partial charge on any atom is 0.410 e. The highest BCUT2D eigenvalue weighted by Crippen LogP contribution is 2.41. The lowest BCUT2D eigenvalue weighted by Gasteiger charge is -2.51. The first-order valence-corrected chi connectivity index (χ1v) is 10.2. The highest BCUT2D eigenvalue weighted by atomic mass is 16.6. The Kier molecular flexibility index (Phi) is 5.99. The highest BCUT2D eigenvalue weighted by molar-refractivity contribution is 5.69. The second-order valence-electron chi connectivity index (χ2n) is 9.02. The predicted octanol–water partition coefficient (Wildman–Crippen LogP) is 4.53. The van der Waals surface area contributed by atoms with E-state index in [1.54, 1.807) is 0 Å². The molecule has 1 amide bonds. The molecule has 0 spiro atoms. The van der Waals surface area contributed by atoms with E-state index < -0.39 is 11.2 Å². The molecular weight excluding hydrogens is 342 g/mol. The summed E-state index contributed by atoms with van der Waals surface area (Å²) in [5.74, 6) is 0.862. The van der Waals surface area contributed by atoms with Gasteiger partial charge in [0.15, 0.2) is 0 Å². The summed E-state index contributed by atoms with van der Waals surface area (Å²) in [5, 5.41) is 11.2. The Morgan fingerprint density at radius 2 is 1.81 bits per heavy atom. The largest absolute Gasteiger partial charge is 0.494 e. The SMILES string of the molecule is CC(C)(C)OC(=O)N1C2CCCC1CC(O)(CCCOc1ccccc1)C2. The molecule has 150 valence electrons. The number of aliphatic hydroxyl groups is 1. The van der Waals surface area contributed by atoms with Crippen molar-refractivity contribution >= 4 is 6.09 Å². The van der Waals surface area contributed by atoms with Gasteiger partial charge in [0.25, 0.3) is 0 Å². The highest BCUT2D eigenvalue weighted by Gasteiger charge is 2.48. The topological polar surface area (TPSA) is 59.0 Å². The van der Waals surface area contributed by atoms with Gasteiger partial charge in [0.05, 0.1) is 12.2 Å². The minimum absolute atomic E-state index is 0.0763. The number of amides is 1. The van der Waals surface area contributed by atoms with Crippen LogP contribution in [-0.2, 0) is 4.74 Å². The maximum absolute atomic E-state index is 12.7. The van der Waals surface area contributed by atoms with Crippen LogP contribution in [0.1, 0.15) is 65.7 Å². The standard InChI is InChI=1S/C22H33NO4/c1-21(2,3)27-20(24)23-17-9-7-10-18(23)16-22(25,15-17)13-8-14-26-19-11-5-4-6-12-19/h4-6,11-12,17-18,25H,7-10,13-16H2,1-3H3. The Morgan fingerprint density at radius 1 is 1.19 bits per heavy atom. The van der Waals surface area contributed by atoms with Crippen LogP contribution in [0.15, 0.2) is 30.3 Å². The lowest BCUT2D eigenvalue weighted by molar-refractivity contribution is -0.0972. The van der Waals surface area contributed by atoms with E-state index in [0.717, 1.165) is 31.4 Å². The Balaban J connectivity index is 1.54. The van der Waals surface area contributed by atoms with Gasteiger partial charge in [-0.15, -0.1) is 0 Å². The molecule has 27 heavy (non-hydrogen) atoms. The molecule has 2 aliphatic heterocycles. The van der Waals surface area contributed by atoms with E-state index >= 15 is 0 Å². The fraction of sp³-hybridized carbons (Fsp3) is 0.682. The Morgan fingerprint density at radius 3 is 2.41 bits per heavy atom. The Hall–Kier alpha value is -1.75. The normalized spacial score (nSPS) is 27.9. The van der Waals surface area contributed by atoms with Crippen LogP contribution in [0, 0.1) is 0 Å². The van der Waals surface area contributed by atoms with Gasteiger partial charge in [0.1, 0.15) is 11.4 Å². The molecule has 5 nitrogen and oxygen atoms in total. The molecule has 2 atom stereocenters. The first-order chi connectivity index (χ1) is 12.8. The summed E-state index contributed by atoms with van der Waals surface area (Å²) < 4.78 is 11.4. The van der Waals surface area contributed by atoms with Crippen molar-refractivity contribution in [2.45, 2.75) is 89.0 Å². The van der Waals surface area contributed by atoms with E-state index in [2.05, 4.69) is 0 Å². The fourth-order valence-corrected chi connectivity index (χ4v) is 4.45. The zero-order valence-corrected chi connectivity index (χ0v) is 16.8. The van der Waals surface area contributed by atoms with Crippen molar-refractivity contribution in [1.82, 2.24) is 4.90 Å². The third-order valence-corrected chi connectivity index (χ3v) is 5.50. The second kappa shape index (κ2) is 8.09. The number of fused-ring (bicyclic) bond motifs is 2. The van der Waals surface area contributed by atoms with E-state index in [0.29, 0.717) is 25.9 Å². The molecule has 1 N–H and O–H groups in total. The molecule has 1 aromatic carbocycles. The van der Waals surface area contributed by atoms with Crippen LogP contribution in [-0.4, -0.2) is 46.0 Å². The molecule has 2 aliphatic rings. The summed E-state index contributed by atoms with van der Waals surface area (Å²) in [4.78, 5) is 14.6. The van der Waals surface area contributed by atoms with Crippen molar-refractivity contribution in [3.05, 3.63) is 30.3 Å². The molecule has 1 aromatic rings. The summed E-state index contributed by atoms with van der Waals surface area (Å²) in [6.07, 6.45) is 5.54. The number of nitrogens with zero attached hydrogens (tertiary/aromatic N) is 1. The van der Waals surface area contributed by atoms with Crippen LogP contribution >= 0.6 is 0 Å². The van der Waals surface area contributed by atoms with E-state index in [1.165, 1.54) is 0 Å². The van der Waals surface area contributed by atoms with Crippen molar-refractivity contribution in [1.29, 1.82) is 0 Å². The number of carbonyl (C=O) groups is 1. The molecule has 0 aliphatic carbocycles. The summed E-state index contributed by atoms with van der Waals surface area (Å²) in [7, 11) is 0. The number of hydrogen-bond acceptors (Lipinski definition) is 4. The molecule has 2 bridgehead atoms. The summed E-state index contributed by atoms with van der Waals surface area (Å²) in [6, 6.07) is 9.91. The number of para-hydroxylation sites is 1. The number of piperidine rings is 2. The van der Waals surface area contributed by atoms with Crippen LogP contribution in [0.3, 0.4) is 0 Å². The Labute approximate surface area is 162 Å². The van der Waals surface area contributed by atoms with Gasteiger partial charge in [-0.25, -0.2) is 4.79 Å². The van der Waals surface area contributed by atoms with Crippen molar-refractivity contribution in [2.24, 2.45) is 0 Å². The fourth-order valence-electron chi connectivity index (χ4n) is 4.45. The van der Waals surface area contributed by atoms with Gasteiger partial charge < -0.3 is 19.5 Å². The van der Waals surface area contributed by atoms with Crippen molar-refractivity contribution in [3.63, 3.8) is 0 Å². The van der Waals surface area contributed by atoms with Crippen LogP contribution in [0.2, 0.25) is 0 Å². The Bertz CT molecular complexity index is 611. The molecule has 5 heteroatoms. The van der Waals surface area contributed by atoms with Crippen molar-refractivity contribution in [2.75, 3.05) is 6.61 Å². The maximum atomic E-state index is 12.7. The quantitative estimate of drug-likeness (QED) is 0.768. The summed E-state index contributed by atoms with van der Waals surface area (Å²) >= 11 is 0. The molecule has 3 rings (SSSR count). The molecule has 2 heterocycles. The van der Waals surface area contributed by atoms with Crippen LogP contribution in [0.25, 0.3) is 0 Å². The van der Waals surface area contributed by atoms with Crippen LogP contribution in [0.5, 0.6) is 5.75 Å². The number of benzene rings is 1. The van der Waals surface area contributed by atoms with Crippen LogP contribution < -0.4 is 4.74 Å². The van der Waals surface area contributed by atoms with E-state index in [9.17, 15) is 9.90 Å². The molecule has 2 fully saturated rings. The van der Waals surface area contributed by atoms with E-state index in [-0.39, 0.29) is 18.2 Å². The molecular formula is C22H33NO4. The van der Waals surface area contributed by atoms with Gasteiger partial charge >= 0.3 is 6.09 Å². The van der Waals surface area contributed by atoms with Gasteiger partial charge in [0, 0.05) is 12.1 Å². The second-order valence-corrected chi connectivity index (χ2v) is 9.02. The third kappa shape index (κ3) is 5.38.